The van der Waals surface area contributed by atoms with E-state index >= 15 is 0 Å². The number of carbonyl (C=O) groups is 1. The molecule has 0 radical (unpaired) electrons. The molecule has 0 unspecified atom stereocenters. The van der Waals surface area contributed by atoms with Gasteiger partial charge >= 0.3 is 0 Å². The van der Waals surface area contributed by atoms with Crippen LogP contribution in [0.5, 0.6) is 0 Å². The van der Waals surface area contributed by atoms with Crippen molar-refractivity contribution < 1.29 is 4.79 Å². The predicted octanol–water partition coefficient (Wildman–Crippen LogP) is 4.85. The van der Waals surface area contributed by atoms with Gasteiger partial charge in [-0.1, -0.05) is 65.2 Å². The van der Waals surface area contributed by atoms with Crippen molar-refractivity contribution in [2.45, 2.75) is 26.3 Å². The normalized spacial score (nSPS) is 11.8. The summed E-state index contributed by atoms with van der Waals surface area (Å²) in [5.41, 5.74) is 0.812. The fourth-order valence-electron chi connectivity index (χ4n) is 2.07. The highest BCUT2D eigenvalue weighted by atomic mass is 32.2. The van der Waals surface area contributed by atoms with Gasteiger partial charge in [0.1, 0.15) is 0 Å². The van der Waals surface area contributed by atoms with Crippen molar-refractivity contribution in [2.75, 3.05) is 17.7 Å². The van der Waals surface area contributed by atoms with Crippen LogP contribution in [0.2, 0.25) is 0 Å². The third-order valence-corrected chi connectivity index (χ3v) is 6.59. The van der Waals surface area contributed by atoms with Gasteiger partial charge in [0.15, 0.2) is 4.34 Å². The Labute approximate surface area is 165 Å². The molecule has 1 heterocycles. The second-order valence-corrected chi connectivity index (χ2v) is 8.96. The minimum Gasteiger partial charge on any atom is -0.363 e. The Hall–Kier alpha value is -2.03. The maximum absolute atomic E-state index is 12.6. The highest BCUT2D eigenvalue weighted by Crippen LogP contribution is 2.34. The van der Waals surface area contributed by atoms with Crippen LogP contribution >= 0.6 is 34.9 Å². The number of nitrogens with zero attached hydrogens (tertiary/aromatic N) is 2. The molecule has 3 aromatic rings. The summed E-state index contributed by atoms with van der Waals surface area (Å²) >= 11 is 4.47. The monoisotopic (exact) mass is 402 g/mol. The van der Waals surface area contributed by atoms with E-state index in [2.05, 4.69) is 33.0 Å². The Morgan fingerprint density at radius 1 is 1.08 bits per heavy atom. The van der Waals surface area contributed by atoms with E-state index in [1.807, 2.05) is 49.4 Å². The average Bonchev–Trinajstić information content (AvgIpc) is 3.11. The Balaban J connectivity index is 1.67. The Bertz CT molecular complexity index is 870. The Morgan fingerprint density at radius 3 is 2.54 bits per heavy atom. The van der Waals surface area contributed by atoms with Gasteiger partial charge in [-0.25, -0.2) is 0 Å². The molecule has 1 amide bonds. The first kappa shape index (κ1) is 18.8. The number of thioether (sulfide) groups is 1. The van der Waals surface area contributed by atoms with E-state index in [4.69, 9.17) is 0 Å². The summed E-state index contributed by atoms with van der Waals surface area (Å²) in [5, 5.41) is 14.5. The number of amides is 1. The van der Waals surface area contributed by atoms with E-state index < -0.39 is 0 Å². The topological polar surface area (TPSA) is 66.9 Å². The molecule has 8 heteroatoms. The molecule has 0 spiro atoms. The second kappa shape index (κ2) is 9.07. The van der Waals surface area contributed by atoms with Gasteiger partial charge in [0.05, 0.1) is 10.9 Å². The molecule has 2 aromatic carbocycles. The summed E-state index contributed by atoms with van der Waals surface area (Å²) in [6.07, 6.45) is 0. The number of hydrogen-bond acceptors (Lipinski definition) is 7. The van der Waals surface area contributed by atoms with Crippen molar-refractivity contribution in [3.63, 3.8) is 0 Å². The van der Waals surface area contributed by atoms with Crippen LogP contribution in [0.4, 0.5) is 10.8 Å². The molecule has 3 rings (SSSR count). The molecule has 0 aliphatic carbocycles. The van der Waals surface area contributed by atoms with Crippen LogP contribution in [0.15, 0.2) is 68.7 Å². The molecule has 0 saturated carbocycles. The van der Waals surface area contributed by atoms with Gasteiger partial charge in [-0.05, 0) is 31.2 Å². The van der Waals surface area contributed by atoms with Crippen LogP contribution in [-0.4, -0.2) is 28.4 Å². The molecule has 0 saturated heterocycles. The summed E-state index contributed by atoms with van der Waals surface area (Å²) in [6, 6.07) is 17.9. The number of rotatable bonds is 7. The molecular weight excluding hydrogens is 384 g/mol. The van der Waals surface area contributed by atoms with E-state index in [0.29, 0.717) is 0 Å². The summed E-state index contributed by atoms with van der Waals surface area (Å²) in [5.74, 6) is -0.0580. The van der Waals surface area contributed by atoms with Crippen LogP contribution in [0.1, 0.15) is 6.92 Å². The van der Waals surface area contributed by atoms with Gasteiger partial charge in [-0.3, -0.25) is 4.79 Å². The Morgan fingerprint density at radius 2 is 1.81 bits per heavy atom. The highest BCUT2D eigenvalue weighted by Gasteiger charge is 2.18. The van der Waals surface area contributed by atoms with Crippen molar-refractivity contribution in [2.24, 2.45) is 0 Å². The summed E-state index contributed by atoms with van der Waals surface area (Å²) in [7, 11) is 1.80. The summed E-state index contributed by atoms with van der Waals surface area (Å²) in [4.78, 5) is 14.7. The van der Waals surface area contributed by atoms with Gasteiger partial charge in [-0.2, -0.15) is 0 Å². The number of aromatic nitrogens is 2. The van der Waals surface area contributed by atoms with E-state index in [0.717, 1.165) is 24.9 Å². The molecule has 0 bridgehead atoms. The van der Waals surface area contributed by atoms with Crippen molar-refractivity contribution >= 4 is 51.6 Å². The summed E-state index contributed by atoms with van der Waals surface area (Å²) < 4.78 is 0.768. The fraction of sp³-hybridized carbons (Fsp3) is 0.167. The molecule has 134 valence electrons. The first-order valence-corrected chi connectivity index (χ1v) is 10.5. The number of para-hydroxylation sites is 1. The zero-order valence-corrected chi connectivity index (χ0v) is 16.8. The SMILES string of the molecule is CNc1nnc(S[C@@H](C)C(=O)Nc2ccccc2Sc2ccccc2)s1. The lowest BCUT2D eigenvalue weighted by molar-refractivity contribution is -0.115. The molecule has 0 aliphatic rings. The lowest BCUT2D eigenvalue weighted by Crippen LogP contribution is -2.22. The second-order valence-electron chi connectivity index (χ2n) is 5.28. The van der Waals surface area contributed by atoms with Gasteiger partial charge < -0.3 is 10.6 Å². The number of anilines is 2. The zero-order chi connectivity index (χ0) is 18.4. The van der Waals surface area contributed by atoms with Crippen LogP contribution in [0.3, 0.4) is 0 Å². The zero-order valence-electron chi connectivity index (χ0n) is 14.3. The highest BCUT2D eigenvalue weighted by molar-refractivity contribution is 8.02. The van der Waals surface area contributed by atoms with E-state index in [1.54, 1.807) is 18.8 Å². The van der Waals surface area contributed by atoms with Gasteiger partial charge in [0.25, 0.3) is 0 Å². The molecule has 2 N–H and O–H groups in total. The maximum Gasteiger partial charge on any atom is 0.237 e. The first-order chi connectivity index (χ1) is 12.7. The third kappa shape index (κ3) is 5.00. The lowest BCUT2D eigenvalue weighted by atomic mass is 10.3. The standard InChI is InChI=1S/C18H18N4OS3/c1-12(24-18-22-21-17(19-2)26-18)16(23)20-14-10-6-7-11-15(14)25-13-8-4-3-5-9-13/h3-12H,1-2H3,(H,19,21)(H,20,23)/t12-/m0/s1. The van der Waals surface area contributed by atoms with Crippen LogP contribution in [0.25, 0.3) is 0 Å². The van der Waals surface area contributed by atoms with Crippen molar-refractivity contribution in [3.8, 4) is 0 Å². The van der Waals surface area contributed by atoms with E-state index in [9.17, 15) is 4.79 Å². The molecule has 0 aliphatic heterocycles. The first-order valence-electron chi connectivity index (χ1n) is 7.96. The number of benzene rings is 2. The smallest absolute Gasteiger partial charge is 0.237 e. The average molecular weight is 403 g/mol. The number of hydrogen-bond donors (Lipinski definition) is 2. The molecule has 26 heavy (non-hydrogen) atoms. The quantitative estimate of drug-likeness (QED) is 0.551. The largest absolute Gasteiger partial charge is 0.363 e. The predicted molar refractivity (Wildman–Crippen MR) is 110 cm³/mol. The molecular formula is C18H18N4OS3. The van der Waals surface area contributed by atoms with E-state index in [-0.39, 0.29) is 11.2 Å². The lowest BCUT2D eigenvalue weighted by Gasteiger charge is -2.13. The third-order valence-electron chi connectivity index (χ3n) is 3.38. The maximum atomic E-state index is 12.6. The molecule has 5 nitrogen and oxygen atoms in total. The minimum absolute atomic E-state index is 0.0580. The van der Waals surface area contributed by atoms with Crippen molar-refractivity contribution in [3.05, 3.63) is 54.6 Å². The fourth-order valence-corrected chi connectivity index (χ4v) is 4.84. The number of carbonyl (C=O) groups excluding carboxylic acids is 1. The van der Waals surface area contributed by atoms with E-state index in [1.165, 1.54) is 23.1 Å². The van der Waals surface area contributed by atoms with Crippen LogP contribution in [-0.2, 0) is 4.79 Å². The van der Waals surface area contributed by atoms with Crippen LogP contribution in [0, 0.1) is 0 Å². The van der Waals surface area contributed by atoms with Crippen molar-refractivity contribution in [1.29, 1.82) is 0 Å². The van der Waals surface area contributed by atoms with Crippen molar-refractivity contribution in [1.82, 2.24) is 10.2 Å². The summed E-state index contributed by atoms with van der Waals surface area (Å²) in [6.45, 7) is 1.87. The van der Waals surface area contributed by atoms with Gasteiger partial charge in [-0.15, -0.1) is 10.2 Å². The van der Waals surface area contributed by atoms with Gasteiger partial charge in [0.2, 0.25) is 11.0 Å². The van der Waals surface area contributed by atoms with Gasteiger partial charge in [0, 0.05) is 16.8 Å². The molecule has 0 fully saturated rings. The molecule has 1 aromatic heterocycles. The Kier molecular flexibility index (Phi) is 6.54. The van der Waals surface area contributed by atoms with Crippen LogP contribution < -0.4 is 10.6 Å². The minimum atomic E-state index is -0.276. The molecule has 1 atom stereocenters. The number of nitrogens with one attached hydrogen (secondary N) is 2.